The molecule has 140 valence electrons. The van der Waals surface area contributed by atoms with E-state index in [4.69, 9.17) is 4.74 Å². The van der Waals surface area contributed by atoms with Gasteiger partial charge in [0.05, 0.1) is 9.99 Å². The van der Waals surface area contributed by atoms with E-state index in [1.807, 2.05) is 42.5 Å². The summed E-state index contributed by atoms with van der Waals surface area (Å²) < 4.78 is 7.90. The molecule has 0 fully saturated rings. The third-order valence-electron chi connectivity index (χ3n) is 4.29. The van der Waals surface area contributed by atoms with Gasteiger partial charge < -0.3 is 14.4 Å². The number of carbonyl (C=O) groups is 1. The van der Waals surface area contributed by atoms with Gasteiger partial charge in [-0.1, -0.05) is 38.1 Å². The Morgan fingerprint density at radius 2 is 2.00 bits per heavy atom. The predicted octanol–water partition coefficient (Wildman–Crippen LogP) is 5.46. The average molecular weight is 430 g/mol. The monoisotopic (exact) mass is 429 g/mol. The minimum absolute atomic E-state index is 0.0410. The molecule has 3 aromatic rings. The first-order valence-corrected chi connectivity index (χ1v) is 9.31. The van der Waals surface area contributed by atoms with Gasteiger partial charge in [0.1, 0.15) is 5.75 Å². The second-order valence-electron chi connectivity index (χ2n) is 6.48. The van der Waals surface area contributed by atoms with Crippen molar-refractivity contribution in [3.05, 3.63) is 52.5 Å². The molecule has 0 aliphatic carbocycles. The lowest BCUT2D eigenvalue weighted by atomic mass is 10.0. The molecule has 0 bridgehead atoms. The molecule has 27 heavy (non-hydrogen) atoms. The van der Waals surface area contributed by atoms with Gasteiger partial charge in [0.15, 0.2) is 12.3 Å². The normalized spacial score (nSPS) is 11.6. The molecule has 7 heteroatoms. The number of aromatic nitrogens is 1. The highest BCUT2D eigenvalue weighted by atomic mass is 79.9. The van der Waals surface area contributed by atoms with E-state index >= 15 is 0 Å². The molecule has 0 aliphatic rings. The van der Waals surface area contributed by atoms with Crippen molar-refractivity contribution in [3.63, 3.8) is 0 Å². The van der Waals surface area contributed by atoms with Crippen LogP contribution in [0.15, 0.2) is 57.2 Å². The lowest BCUT2D eigenvalue weighted by molar-refractivity contribution is -0.120. The third kappa shape index (κ3) is 4.03. The van der Waals surface area contributed by atoms with Gasteiger partial charge >= 0.3 is 5.91 Å². The van der Waals surface area contributed by atoms with Crippen molar-refractivity contribution in [2.24, 2.45) is 17.3 Å². The van der Waals surface area contributed by atoms with E-state index in [1.165, 1.54) is 5.56 Å². The van der Waals surface area contributed by atoms with Crippen LogP contribution < -0.4 is 4.74 Å². The first-order chi connectivity index (χ1) is 12.9. The summed E-state index contributed by atoms with van der Waals surface area (Å²) in [6, 6.07) is 13.1. The van der Waals surface area contributed by atoms with Crippen LogP contribution in [-0.2, 0) is 11.8 Å². The average Bonchev–Trinajstić information content (AvgIpc) is 2.89. The zero-order valence-corrected chi connectivity index (χ0v) is 16.9. The Hall–Kier alpha value is -2.67. The highest BCUT2D eigenvalue weighted by Crippen LogP contribution is 2.37. The summed E-state index contributed by atoms with van der Waals surface area (Å²) in [7, 11) is 1.72. The van der Waals surface area contributed by atoms with E-state index in [1.54, 1.807) is 11.6 Å². The molecule has 0 unspecified atom stereocenters. The van der Waals surface area contributed by atoms with E-state index in [-0.39, 0.29) is 18.2 Å². The van der Waals surface area contributed by atoms with Crippen LogP contribution in [0, 0.1) is 0 Å². The fourth-order valence-electron chi connectivity index (χ4n) is 2.73. The lowest BCUT2D eigenvalue weighted by Gasteiger charge is -2.10. The van der Waals surface area contributed by atoms with Crippen molar-refractivity contribution in [2.45, 2.75) is 19.8 Å². The number of para-hydroxylation sites is 1. The van der Waals surface area contributed by atoms with Gasteiger partial charge in [0, 0.05) is 12.4 Å². The fraction of sp³-hybridized carbons (Fsp3) is 0.250. The van der Waals surface area contributed by atoms with Crippen LogP contribution >= 0.6 is 15.9 Å². The summed E-state index contributed by atoms with van der Waals surface area (Å²) >= 11 is 3.45. The van der Waals surface area contributed by atoms with E-state index in [0.29, 0.717) is 11.7 Å². The second-order valence-corrected chi connectivity index (χ2v) is 7.33. The zero-order chi connectivity index (χ0) is 19.6. The molecule has 6 nitrogen and oxygen atoms in total. The van der Waals surface area contributed by atoms with Crippen LogP contribution in [0.2, 0.25) is 0 Å². The van der Waals surface area contributed by atoms with Crippen LogP contribution in [0.4, 0.5) is 5.69 Å². The largest absolute Gasteiger partial charge is 0.493 e. The number of rotatable bonds is 5. The van der Waals surface area contributed by atoms with Gasteiger partial charge in [-0.15, -0.1) is 10.2 Å². The molecule has 0 aliphatic heterocycles. The summed E-state index contributed by atoms with van der Waals surface area (Å²) in [6.07, 6.45) is 0. The molecule has 1 aromatic heterocycles. The molecule has 2 aromatic carbocycles. The molecule has 1 amide bonds. The Balaban J connectivity index is 1.71. The maximum Gasteiger partial charge on any atom is 0.302 e. The van der Waals surface area contributed by atoms with Gasteiger partial charge in [-0.3, -0.25) is 4.79 Å². The molecule has 3 rings (SSSR count). The maximum atomic E-state index is 12.0. The molecule has 0 saturated carbocycles. The Morgan fingerprint density at radius 3 is 2.70 bits per heavy atom. The number of benzene rings is 2. The maximum absolute atomic E-state index is 12.0. The minimum atomic E-state index is -0.540. The molecule has 1 heterocycles. The Labute approximate surface area is 165 Å². The Morgan fingerprint density at radius 1 is 1.26 bits per heavy atom. The van der Waals surface area contributed by atoms with Crippen LogP contribution in [-0.4, -0.2) is 22.2 Å². The second kappa shape index (κ2) is 7.92. The van der Waals surface area contributed by atoms with E-state index in [9.17, 15) is 9.90 Å². The van der Waals surface area contributed by atoms with Crippen molar-refractivity contribution < 1.29 is 14.6 Å². The summed E-state index contributed by atoms with van der Waals surface area (Å²) in [5.74, 6) is 0.387. The number of amides is 1. The number of hydrogen-bond donors (Lipinski definition) is 1. The SMILES string of the molecule is CC(C)c1ccc(OCC(=O)N=Nc2c(O)n(C)c3ccccc23)c(Br)c1. The van der Waals surface area contributed by atoms with E-state index in [0.717, 1.165) is 15.4 Å². The van der Waals surface area contributed by atoms with Gasteiger partial charge in [-0.05, 0) is 45.6 Å². The lowest BCUT2D eigenvalue weighted by Crippen LogP contribution is -2.08. The van der Waals surface area contributed by atoms with Crippen molar-refractivity contribution in [3.8, 4) is 11.6 Å². The summed E-state index contributed by atoms with van der Waals surface area (Å²) in [6.45, 7) is 3.97. The highest BCUT2D eigenvalue weighted by Gasteiger charge is 2.14. The standard InChI is InChI=1S/C20H20BrN3O3/c1-12(2)13-8-9-17(15(21)10-13)27-11-18(25)22-23-19-14-6-4-5-7-16(14)24(3)20(19)26/h4-10,12,26H,11H2,1-3H3. The summed E-state index contributed by atoms with van der Waals surface area (Å²) in [5.41, 5.74) is 2.25. The fourth-order valence-corrected chi connectivity index (χ4v) is 3.24. The summed E-state index contributed by atoms with van der Waals surface area (Å²) in [5, 5.41) is 18.6. The minimum Gasteiger partial charge on any atom is -0.493 e. The van der Waals surface area contributed by atoms with E-state index in [2.05, 4.69) is 40.0 Å². The molecular formula is C20H20BrN3O3. The van der Waals surface area contributed by atoms with Crippen LogP contribution in [0.1, 0.15) is 25.3 Å². The van der Waals surface area contributed by atoms with Crippen molar-refractivity contribution in [1.29, 1.82) is 0 Å². The molecule has 0 atom stereocenters. The smallest absolute Gasteiger partial charge is 0.302 e. The quantitative estimate of drug-likeness (QED) is 0.547. The first-order valence-electron chi connectivity index (χ1n) is 8.51. The van der Waals surface area contributed by atoms with Crippen molar-refractivity contribution in [2.75, 3.05) is 6.61 Å². The molecule has 1 N–H and O–H groups in total. The van der Waals surface area contributed by atoms with E-state index < -0.39 is 5.91 Å². The van der Waals surface area contributed by atoms with Crippen LogP contribution in [0.25, 0.3) is 10.9 Å². The number of ether oxygens (including phenoxy) is 1. The molecule has 0 saturated heterocycles. The number of halogens is 1. The van der Waals surface area contributed by atoms with Gasteiger partial charge in [-0.2, -0.15) is 0 Å². The zero-order valence-electron chi connectivity index (χ0n) is 15.3. The highest BCUT2D eigenvalue weighted by molar-refractivity contribution is 9.10. The predicted molar refractivity (Wildman–Crippen MR) is 108 cm³/mol. The third-order valence-corrected chi connectivity index (χ3v) is 4.91. The number of fused-ring (bicyclic) bond motifs is 1. The van der Waals surface area contributed by atoms with Crippen LogP contribution in [0.3, 0.4) is 0 Å². The first kappa shape index (κ1) is 19.1. The molecule has 0 spiro atoms. The van der Waals surface area contributed by atoms with Crippen molar-refractivity contribution >= 4 is 38.4 Å². The van der Waals surface area contributed by atoms with Gasteiger partial charge in [0.25, 0.3) is 0 Å². The number of aryl methyl sites for hydroxylation is 1. The molecular weight excluding hydrogens is 410 g/mol. The van der Waals surface area contributed by atoms with Gasteiger partial charge in [0.2, 0.25) is 5.88 Å². The number of carbonyl (C=O) groups excluding carboxylic acids is 1. The number of nitrogens with zero attached hydrogens (tertiary/aromatic N) is 3. The topological polar surface area (TPSA) is 76.2 Å². The Kier molecular flexibility index (Phi) is 5.60. The van der Waals surface area contributed by atoms with Gasteiger partial charge in [-0.25, -0.2) is 0 Å². The van der Waals surface area contributed by atoms with Crippen LogP contribution in [0.5, 0.6) is 11.6 Å². The Bertz CT molecular complexity index is 1020. The summed E-state index contributed by atoms with van der Waals surface area (Å²) in [4.78, 5) is 12.0. The van der Waals surface area contributed by atoms with Crippen molar-refractivity contribution in [1.82, 2.24) is 4.57 Å². The number of hydrogen-bond acceptors (Lipinski definition) is 4. The number of aromatic hydroxyl groups is 1. The number of azo groups is 1. The molecule has 0 radical (unpaired) electrons.